The summed E-state index contributed by atoms with van der Waals surface area (Å²) < 4.78 is 17.9. The van der Waals surface area contributed by atoms with Crippen molar-refractivity contribution in [3.8, 4) is 0 Å². The van der Waals surface area contributed by atoms with Gasteiger partial charge in [-0.3, -0.25) is 4.79 Å². The highest BCUT2D eigenvalue weighted by atomic mass is 19.1. The number of carbonyl (C=O) groups excluding carboxylic acids is 1. The first-order valence-corrected chi connectivity index (χ1v) is 6.38. The average Bonchev–Trinajstić information content (AvgIpc) is 2.40. The van der Waals surface area contributed by atoms with Gasteiger partial charge in [0.25, 0.3) is 0 Å². The largest absolute Gasteiger partial charge is 0.466 e. The maximum absolute atomic E-state index is 12.9. The van der Waals surface area contributed by atoms with Gasteiger partial charge in [-0.1, -0.05) is 0 Å². The molecule has 1 atom stereocenters. The van der Waals surface area contributed by atoms with E-state index in [4.69, 9.17) is 4.74 Å². The number of piperidine rings is 1. The molecule has 0 N–H and O–H groups in total. The predicted octanol–water partition coefficient (Wildman–Crippen LogP) is 2.61. The third kappa shape index (κ3) is 3.00. The highest BCUT2D eigenvalue weighted by molar-refractivity contribution is 5.73. The molecule has 2 rings (SSSR count). The predicted molar refractivity (Wildman–Crippen MR) is 68.0 cm³/mol. The molecule has 1 aromatic carbocycles. The zero-order valence-corrected chi connectivity index (χ0v) is 10.6. The lowest BCUT2D eigenvalue weighted by Crippen LogP contribution is -2.39. The summed E-state index contributed by atoms with van der Waals surface area (Å²) in [5.74, 6) is -0.425. The molecule has 0 aliphatic carbocycles. The molecule has 98 valence electrons. The number of anilines is 1. The molecule has 0 bridgehead atoms. The second-order valence-corrected chi connectivity index (χ2v) is 4.51. The van der Waals surface area contributed by atoms with Gasteiger partial charge in [0, 0.05) is 18.8 Å². The summed E-state index contributed by atoms with van der Waals surface area (Å²) in [6.45, 7) is 3.80. The van der Waals surface area contributed by atoms with E-state index in [0.29, 0.717) is 13.2 Å². The Bertz CT molecular complexity index is 405. The Kier molecular flexibility index (Phi) is 4.18. The first-order chi connectivity index (χ1) is 8.70. The van der Waals surface area contributed by atoms with Gasteiger partial charge in [-0.15, -0.1) is 0 Å². The summed E-state index contributed by atoms with van der Waals surface area (Å²) in [5.41, 5.74) is 0.963. The van der Waals surface area contributed by atoms with Crippen molar-refractivity contribution in [1.82, 2.24) is 0 Å². The number of halogens is 1. The molecule has 1 heterocycles. The van der Waals surface area contributed by atoms with Crippen LogP contribution in [-0.4, -0.2) is 25.7 Å². The van der Waals surface area contributed by atoms with Crippen LogP contribution < -0.4 is 4.90 Å². The lowest BCUT2D eigenvalue weighted by atomic mass is 9.97. The van der Waals surface area contributed by atoms with Crippen LogP contribution in [0.1, 0.15) is 19.8 Å². The monoisotopic (exact) mass is 251 g/mol. The molecular weight excluding hydrogens is 233 g/mol. The van der Waals surface area contributed by atoms with Crippen molar-refractivity contribution in [1.29, 1.82) is 0 Å². The molecule has 0 spiro atoms. The maximum atomic E-state index is 12.9. The Morgan fingerprint density at radius 2 is 2.17 bits per heavy atom. The van der Waals surface area contributed by atoms with Gasteiger partial charge in [-0.2, -0.15) is 0 Å². The van der Waals surface area contributed by atoms with Crippen LogP contribution in [0, 0.1) is 11.7 Å². The van der Waals surface area contributed by atoms with Gasteiger partial charge in [0.2, 0.25) is 0 Å². The zero-order valence-electron chi connectivity index (χ0n) is 10.6. The van der Waals surface area contributed by atoms with Crippen molar-refractivity contribution < 1.29 is 13.9 Å². The normalized spacial score (nSPS) is 19.7. The maximum Gasteiger partial charge on any atom is 0.310 e. The van der Waals surface area contributed by atoms with Crippen molar-refractivity contribution in [2.75, 3.05) is 24.6 Å². The first kappa shape index (κ1) is 12.9. The summed E-state index contributed by atoms with van der Waals surface area (Å²) in [7, 11) is 0. The van der Waals surface area contributed by atoms with Gasteiger partial charge in [0.05, 0.1) is 12.5 Å². The quantitative estimate of drug-likeness (QED) is 0.773. The molecule has 1 fully saturated rings. The molecule has 0 aromatic heterocycles. The molecule has 4 heteroatoms. The van der Waals surface area contributed by atoms with Crippen LogP contribution in [0.3, 0.4) is 0 Å². The number of carbonyl (C=O) groups is 1. The topological polar surface area (TPSA) is 29.5 Å². The van der Waals surface area contributed by atoms with E-state index in [1.807, 2.05) is 6.92 Å². The molecule has 0 saturated carbocycles. The number of hydrogen-bond donors (Lipinski definition) is 0. The minimum Gasteiger partial charge on any atom is -0.466 e. The molecule has 18 heavy (non-hydrogen) atoms. The molecule has 1 unspecified atom stereocenters. The van der Waals surface area contributed by atoms with Crippen LogP contribution in [0.15, 0.2) is 24.3 Å². The van der Waals surface area contributed by atoms with E-state index in [2.05, 4.69) is 4.90 Å². The van der Waals surface area contributed by atoms with E-state index in [9.17, 15) is 9.18 Å². The van der Waals surface area contributed by atoms with Crippen LogP contribution in [0.2, 0.25) is 0 Å². The molecule has 1 aliphatic heterocycles. The Balaban J connectivity index is 2.02. The smallest absolute Gasteiger partial charge is 0.310 e. The van der Waals surface area contributed by atoms with Crippen LogP contribution in [0.4, 0.5) is 10.1 Å². The van der Waals surface area contributed by atoms with Gasteiger partial charge < -0.3 is 9.64 Å². The second kappa shape index (κ2) is 5.85. The van der Waals surface area contributed by atoms with Crippen molar-refractivity contribution in [2.45, 2.75) is 19.8 Å². The van der Waals surface area contributed by atoms with E-state index in [1.165, 1.54) is 12.1 Å². The van der Waals surface area contributed by atoms with E-state index in [-0.39, 0.29) is 17.7 Å². The highest BCUT2D eigenvalue weighted by Gasteiger charge is 2.26. The van der Waals surface area contributed by atoms with Gasteiger partial charge >= 0.3 is 5.97 Å². The summed E-state index contributed by atoms with van der Waals surface area (Å²) in [6, 6.07) is 6.40. The van der Waals surface area contributed by atoms with E-state index in [1.54, 1.807) is 12.1 Å². The van der Waals surface area contributed by atoms with E-state index < -0.39 is 0 Å². The van der Waals surface area contributed by atoms with Crippen LogP contribution in [0.25, 0.3) is 0 Å². The fraction of sp³-hybridized carbons (Fsp3) is 0.500. The fourth-order valence-corrected chi connectivity index (χ4v) is 2.32. The van der Waals surface area contributed by atoms with E-state index in [0.717, 1.165) is 25.1 Å². The lowest BCUT2D eigenvalue weighted by Gasteiger charge is -2.33. The van der Waals surface area contributed by atoms with Crippen molar-refractivity contribution in [3.05, 3.63) is 30.1 Å². The van der Waals surface area contributed by atoms with Crippen LogP contribution in [-0.2, 0) is 9.53 Å². The van der Waals surface area contributed by atoms with Crippen molar-refractivity contribution in [3.63, 3.8) is 0 Å². The number of rotatable bonds is 3. The average molecular weight is 251 g/mol. The fourth-order valence-electron chi connectivity index (χ4n) is 2.32. The molecular formula is C14H18FNO2. The Hall–Kier alpha value is -1.58. The number of hydrogen-bond acceptors (Lipinski definition) is 3. The third-order valence-corrected chi connectivity index (χ3v) is 3.23. The molecule has 3 nitrogen and oxygen atoms in total. The number of esters is 1. The zero-order chi connectivity index (χ0) is 13.0. The van der Waals surface area contributed by atoms with Crippen molar-refractivity contribution in [2.24, 2.45) is 5.92 Å². The number of benzene rings is 1. The van der Waals surface area contributed by atoms with Gasteiger partial charge in [0.15, 0.2) is 0 Å². The third-order valence-electron chi connectivity index (χ3n) is 3.23. The lowest BCUT2D eigenvalue weighted by molar-refractivity contribution is -0.148. The van der Waals surface area contributed by atoms with Crippen molar-refractivity contribution >= 4 is 11.7 Å². The molecule has 1 saturated heterocycles. The van der Waals surface area contributed by atoms with Gasteiger partial charge in [0.1, 0.15) is 5.82 Å². The molecule has 0 amide bonds. The Morgan fingerprint density at radius 1 is 1.44 bits per heavy atom. The Morgan fingerprint density at radius 3 is 2.83 bits per heavy atom. The van der Waals surface area contributed by atoms with Gasteiger partial charge in [-0.05, 0) is 44.0 Å². The highest BCUT2D eigenvalue weighted by Crippen LogP contribution is 2.24. The van der Waals surface area contributed by atoms with Crippen LogP contribution in [0.5, 0.6) is 0 Å². The standard InChI is InChI=1S/C14H18FNO2/c1-2-18-14(17)11-4-3-9-16(10-11)13-7-5-12(15)6-8-13/h5-8,11H,2-4,9-10H2,1H3. The summed E-state index contributed by atoms with van der Waals surface area (Å²) in [6.07, 6.45) is 1.83. The molecule has 0 radical (unpaired) electrons. The van der Waals surface area contributed by atoms with Crippen LogP contribution >= 0.6 is 0 Å². The SMILES string of the molecule is CCOC(=O)C1CCCN(c2ccc(F)cc2)C1. The summed E-state index contributed by atoms with van der Waals surface area (Å²) in [4.78, 5) is 13.8. The molecule has 1 aliphatic rings. The second-order valence-electron chi connectivity index (χ2n) is 4.51. The first-order valence-electron chi connectivity index (χ1n) is 6.38. The molecule has 1 aromatic rings. The summed E-state index contributed by atoms with van der Waals surface area (Å²) >= 11 is 0. The minimum absolute atomic E-state index is 0.0660. The number of ether oxygens (including phenoxy) is 1. The Labute approximate surface area is 107 Å². The summed E-state index contributed by atoms with van der Waals surface area (Å²) in [5, 5.41) is 0. The van der Waals surface area contributed by atoms with Gasteiger partial charge in [-0.25, -0.2) is 4.39 Å². The van der Waals surface area contributed by atoms with E-state index >= 15 is 0 Å². The minimum atomic E-state index is -0.238. The number of nitrogens with zero attached hydrogens (tertiary/aromatic N) is 1.